The van der Waals surface area contributed by atoms with E-state index in [1.165, 1.54) is 128 Å². The van der Waals surface area contributed by atoms with Crippen molar-refractivity contribution in [1.29, 1.82) is 0 Å². The maximum atomic E-state index is 3.19. The predicted molar refractivity (Wildman–Crippen MR) is 159 cm³/mol. The molecule has 0 amide bonds. The molecule has 0 N–H and O–H groups in total. The first-order valence-electron chi connectivity index (χ1n) is 17.3. The van der Waals surface area contributed by atoms with E-state index in [4.69, 9.17) is 0 Å². The Morgan fingerprint density at radius 2 is 0.919 bits per heavy atom. The van der Waals surface area contributed by atoms with Gasteiger partial charge in [0.2, 0.25) is 0 Å². The second kappa shape index (κ2) is 12.3. The number of rotatable bonds is 4. The first kappa shape index (κ1) is 26.7. The van der Waals surface area contributed by atoms with Crippen LogP contribution in [0.1, 0.15) is 142 Å². The molecular formula is C36H59N. The third-order valence-electron chi connectivity index (χ3n) is 12.5. The molecule has 6 aliphatic carbocycles. The van der Waals surface area contributed by atoms with Crippen LogP contribution in [0.4, 0.5) is 0 Å². The molecular weight excluding hydrogens is 446 g/mol. The van der Waals surface area contributed by atoms with Crippen molar-refractivity contribution in [3.05, 3.63) is 23.8 Å². The maximum absolute atomic E-state index is 3.19. The first-order chi connectivity index (χ1) is 18.2. The van der Waals surface area contributed by atoms with E-state index in [0.717, 1.165) is 59.6 Å². The van der Waals surface area contributed by atoms with E-state index < -0.39 is 0 Å². The highest BCUT2D eigenvalue weighted by Crippen LogP contribution is 2.49. The van der Waals surface area contributed by atoms with Gasteiger partial charge >= 0.3 is 0 Å². The first-order valence-corrected chi connectivity index (χ1v) is 17.3. The average molecular weight is 506 g/mol. The van der Waals surface area contributed by atoms with Crippen LogP contribution in [0.3, 0.4) is 0 Å². The van der Waals surface area contributed by atoms with E-state index in [1.54, 1.807) is 0 Å². The molecule has 6 rings (SSSR count). The zero-order chi connectivity index (χ0) is 25.2. The normalized spacial score (nSPS) is 45.1. The Bertz CT molecular complexity index is 720. The third kappa shape index (κ3) is 6.12. The van der Waals surface area contributed by atoms with Gasteiger partial charge in [0, 0.05) is 18.1 Å². The lowest BCUT2D eigenvalue weighted by atomic mass is 9.67. The molecule has 1 nitrogen and oxygen atoms in total. The van der Waals surface area contributed by atoms with Crippen LogP contribution in [-0.2, 0) is 0 Å². The molecule has 0 radical (unpaired) electrons. The summed E-state index contributed by atoms with van der Waals surface area (Å²) in [5.74, 6) is 6.30. The highest BCUT2D eigenvalue weighted by atomic mass is 15.2. The predicted octanol–water partition coefficient (Wildman–Crippen LogP) is 10.1. The van der Waals surface area contributed by atoms with Crippen LogP contribution in [-0.4, -0.2) is 23.0 Å². The second-order valence-electron chi connectivity index (χ2n) is 15.0. The van der Waals surface area contributed by atoms with Gasteiger partial charge in [0.15, 0.2) is 0 Å². The van der Waals surface area contributed by atoms with Crippen molar-refractivity contribution >= 4 is 0 Å². The molecule has 0 bridgehead atoms. The van der Waals surface area contributed by atoms with Crippen LogP contribution < -0.4 is 0 Å². The topological polar surface area (TPSA) is 3.24 Å². The summed E-state index contributed by atoms with van der Waals surface area (Å²) in [6, 6.07) is 2.67. The summed E-state index contributed by atoms with van der Waals surface area (Å²) in [4.78, 5) is 3.19. The fourth-order valence-corrected chi connectivity index (χ4v) is 10.2. The van der Waals surface area contributed by atoms with Crippen molar-refractivity contribution in [2.45, 2.75) is 160 Å². The molecule has 0 saturated heterocycles. The second-order valence-corrected chi connectivity index (χ2v) is 15.0. The minimum Gasteiger partial charge on any atom is -0.294 e. The van der Waals surface area contributed by atoms with E-state index in [-0.39, 0.29) is 0 Å². The summed E-state index contributed by atoms with van der Waals surface area (Å²) >= 11 is 0. The van der Waals surface area contributed by atoms with Crippen LogP contribution in [0.5, 0.6) is 0 Å². The van der Waals surface area contributed by atoms with Gasteiger partial charge in [-0.25, -0.2) is 0 Å². The zero-order valence-electron chi connectivity index (χ0n) is 24.6. The third-order valence-corrected chi connectivity index (χ3v) is 12.5. The summed E-state index contributed by atoms with van der Waals surface area (Å²) in [6.07, 6.45) is 37.9. The quantitative estimate of drug-likeness (QED) is 0.343. The average Bonchev–Trinajstić information content (AvgIpc) is 3.09. The molecule has 0 spiro atoms. The van der Waals surface area contributed by atoms with E-state index in [0.29, 0.717) is 0 Å². The lowest BCUT2D eigenvalue weighted by Crippen LogP contribution is -2.52. The molecule has 0 aromatic carbocycles. The van der Waals surface area contributed by atoms with Gasteiger partial charge in [-0.3, -0.25) is 4.90 Å². The summed E-state index contributed by atoms with van der Waals surface area (Å²) in [5.41, 5.74) is 1.97. The number of allylic oxidation sites excluding steroid dienone is 4. The summed E-state index contributed by atoms with van der Waals surface area (Å²) in [6.45, 7) is 5.00. The Morgan fingerprint density at radius 1 is 0.514 bits per heavy atom. The Labute approximate surface area is 230 Å². The van der Waals surface area contributed by atoms with E-state index in [9.17, 15) is 0 Å². The molecule has 5 fully saturated rings. The number of hydrogen-bond donors (Lipinski definition) is 0. The molecule has 0 aromatic heterocycles. The Hall–Kier alpha value is -0.560. The molecule has 37 heavy (non-hydrogen) atoms. The Balaban J connectivity index is 1.16. The Morgan fingerprint density at radius 3 is 1.38 bits per heavy atom. The monoisotopic (exact) mass is 505 g/mol. The summed E-state index contributed by atoms with van der Waals surface area (Å²) in [7, 11) is 0. The molecule has 0 heterocycles. The van der Waals surface area contributed by atoms with Gasteiger partial charge in [-0.15, -0.1) is 0 Å². The number of hydrogen-bond acceptors (Lipinski definition) is 1. The van der Waals surface area contributed by atoms with Crippen LogP contribution in [0.15, 0.2) is 23.8 Å². The van der Waals surface area contributed by atoms with Crippen LogP contribution in [0.2, 0.25) is 0 Å². The van der Waals surface area contributed by atoms with Gasteiger partial charge in [0.25, 0.3) is 0 Å². The van der Waals surface area contributed by atoms with Crippen molar-refractivity contribution in [3.63, 3.8) is 0 Å². The van der Waals surface area contributed by atoms with Crippen LogP contribution in [0, 0.1) is 41.4 Å². The van der Waals surface area contributed by atoms with Gasteiger partial charge in [-0.2, -0.15) is 0 Å². The number of nitrogens with zero attached hydrogens (tertiary/aromatic N) is 1. The molecule has 1 heteroatoms. The van der Waals surface area contributed by atoms with Gasteiger partial charge in [0.1, 0.15) is 0 Å². The zero-order valence-corrected chi connectivity index (χ0v) is 24.6. The largest absolute Gasteiger partial charge is 0.294 e. The molecule has 0 aromatic rings. The molecule has 4 atom stereocenters. The lowest BCUT2D eigenvalue weighted by Gasteiger charge is -2.49. The van der Waals surface area contributed by atoms with Gasteiger partial charge < -0.3 is 0 Å². The molecule has 0 aliphatic heterocycles. The van der Waals surface area contributed by atoms with Gasteiger partial charge in [-0.1, -0.05) is 63.3 Å². The minimum atomic E-state index is 0.861. The van der Waals surface area contributed by atoms with Crippen molar-refractivity contribution in [1.82, 2.24) is 4.90 Å². The number of fused-ring (bicyclic) bond motifs is 2. The highest BCUT2D eigenvalue weighted by molar-refractivity contribution is 5.23. The van der Waals surface area contributed by atoms with Crippen LogP contribution >= 0.6 is 0 Å². The van der Waals surface area contributed by atoms with E-state index >= 15 is 0 Å². The highest BCUT2D eigenvalue weighted by Gasteiger charge is 2.40. The fourth-order valence-electron chi connectivity index (χ4n) is 10.2. The molecule has 4 unspecified atom stereocenters. The standard InChI is InChI=1S/C36H59N/c1-26-11-19-31(20-12-26)37(32-21-13-27(2)14-22-32)33-23-15-28(16-24-33)25-36-34-9-5-3-7-29(34)17-18-30-8-4-6-10-35(30)36/h17-18,25-35H,3-16,19-24H2,1-2H3. The summed E-state index contributed by atoms with van der Waals surface area (Å²) in [5, 5.41) is 0. The van der Waals surface area contributed by atoms with Crippen molar-refractivity contribution in [3.8, 4) is 0 Å². The lowest BCUT2D eigenvalue weighted by molar-refractivity contribution is 0.00805. The Kier molecular flexibility index (Phi) is 8.87. The fraction of sp³-hybridized carbons (Fsp3) is 0.889. The molecule has 208 valence electrons. The van der Waals surface area contributed by atoms with E-state index in [1.807, 2.05) is 5.57 Å². The smallest absolute Gasteiger partial charge is 0.0102 e. The molecule has 6 aliphatic rings. The van der Waals surface area contributed by atoms with Crippen molar-refractivity contribution < 1.29 is 0 Å². The molecule has 5 saturated carbocycles. The maximum Gasteiger partial charge on any atom is 0.0102 e. The van der Waals surface area contributed by atoms with Gasteiger partial charge in [0.05, 0.1) is 0 Å². The van der Waals surface area contributed by atoms with Crippen molar-refractivity contribution in [2.75, 3.05) is 0 Å². The van der Waals surface area contributed by atoms with Crippen molar-refractivity contribution in [2.24, 2.45) is 41.4 Å². The van der Waals surface area contributed by atoms with E-state index in [2.05, 4.69) is 37.0 Å². The van der Waals surface area contributed by atoms with Gasteiger partial charge in [-0.05, 0) is 144 Å². The summed E-state index contributed by atoms with van der Waals surface area (Å²) < 4.78 is 0. The van der Waals surface area contributed by atoms with Crippen LogP contribution in [0.25, 0.3) is 0 Å². The minimum absolute atomic E-state index is 0.861. The SMILES string of the molecule is CC1CCC(N(C2CCC(C)CC2)C2CCC(C=C3C4CCCCC4C=CC4CCCCC34)CC2)CC1.